The minimum atomic E-state index is -0.243. The van der Waals surface area contributed by atoms with E-state index < -0.39 is 0 Å². The van der Waals surface area contributed by atoms with Crippen molar-refractivity contribution < 1.29 is 4.79 Å². The number of anilines is 1. The highest BCUT2D eigenvalue weighted by molar-refractivity contribution is 9.10. The van der Waals surface area contributed by atoms with Crippen LogP contribution in [0.1, 0.15) is 0 Å². The topological polar surface area (TPSA) is 59.8 Å². The zero-order valence-corrected chi connectivity index (χ0v) is 19.8. The molecule has 1 aromatic heterocycles. The van der Waals surface area contributed by atoms with E-state index in [0.29, 0.717) is 26.7 Å². The molecule has 0 radical (unpaired) electrons. The number of aromatic nitrogens is 3. The van der Waals surface area contributed by atoms with Gasteiger partial charge in [-0.05, 0) is 36.4 Å². The van der Waals surface area contributed by atoms with E-state index in [2.05, 4.69) is 31.4 Å². The summed E-state index contributed by atoms with van der Waals surface area (Å²) < 4.78 is 2.91. The number of rotatable bonds is 6. The summed E-state index contributed by atoms with van der Waals surface area (Å²) in [5.74, 6) is 0.566. The molecule has 4 aromatic rings. The molecule has 0 aliphatic rings. The lowest BCUT2D eigenvalue weighted by Crippen LogP contribution is -2.15. The molecule has 1 N–H and O–H groups in total. The van der Waals surface area contributed by atoms with Crippen LogP contribution in [0.4, 0.5) is 5.69 Å². The molecular weight excluding hydrogens is 519 g/mol. The summed E-state index contributed by atoms with van der Waals surface area (Å²) in [6.07, 6.45) is 0. The Morgan fingerprint density at radius 1 is 0.935 bits per heavy atom. The summed E-state index contributed by atoms with van der Waals surface area (Å²) in [7, 11) is 0. The van der Waals surface area contributed by atoms with Gasteiger partial charge in [-0.1, -0.05) is 87.3 Å². The molecule has 0 unspecified atom stereocenters. The molecule has 0 bridgehead atoms. The van der Waals surface area contributed by atoms with Crippen LogP contribution >= 0.6 is 50.9 Å². The Kier molecular flexibility index (Phi) is 6.97. The maximum absolute atomic E-state index is 12.5. The fourth-order valence-corrected chi connectivity index (χ4v) is 4.39. The van der Waals surface area contributed by atoms with Gasteiger partial charge in [0.2, 0.25) is 5.91 Å². The number of halogens is 3. The summed E-state index contributed by atoms with van der Waals surface area (Å²) in [6.45, 7) is 0. The molecule has 0 atom stereocenters. The number of para-hydroxylation sites is 2. The van der Waals surface area contributed by atoms with Crippen LogP contribution in [-0.4, -0.2) is 26.4 Å². The van der Waals surface area contributed by atoms with E-state index in [1.807, 2.05) is 59.2 Å². The number of nitrogens with zero attached hydrogens (tertiary/aromatic N) is 3. The van der Waals surface area contributed by atoms with Gasteiger partial charge in [0.1, 0.15) is 0 Å². The fourth-order valence-electron chi connectivity index (χ4n) is 2.88. The molecule has 1 amide bonds. The summed E-state index contributed by atoms with van der Waals surface area (Å²) >= 11 is 17.0. The van der Waals surface area contributed by atoms with E-state index in [1.165, 1.54) is 11.8 Å². The second-order valence-corrected chi connectivity index (χ2v) is 9.09. The molecule has 31 heavy (non-hydrogen) atoms. The fraction of sp³-hybridized carbons (Fsp3) is 0.0455. The van der Waals surface area contributed by atoms with E-state index in [-0.39, 0.29) is 11.7 Å². The van der Waals surface area contributed by atoms with Crippen LogP contribution in [0.5, 0.6) is 0 Å². The monoisotopic (exact) mass is 532 g/mol. The van der Waals surface area contributed by atoms with Crippen molar-refractivity contribution in [1.29, 1.82) is 0 Å². The van der Waals surface area contributed by atoms with Gasteiger partial charge < -0.3 is 5.32 Å². The summed E-state index contributed by atoms with van der Waals surface area (Å²) in [4.78, 5) is 12.5. The maximum Gasteiger partial charge on any atom is 0.234 e. The molecule has 9 heteroatoms. The average molecular weight is 534 g/mol. The van der Waals surface area contributed by atoms with Gasteiger partial charge in [0.05, 0.1) is 21.5 Å². The number of carbonyl (C=O) groups excluding carboxylic acids is 1. The average Bonchev–Trinajstić information content (AvgIpc) is 3.20. The molecular formula is C22H15BrCl2N4OS. The Hall–Kier alpha value is -2.32. The van der Waals surface area contributed by atoms with Gasteiger partial charge in [0, 0.05) is 15.7 Å². The van der Waals surface area contributed by atoms with Crippen molar-refractivity contribution in [3.05, 3.63) is 87.3 Å². The van der Waals surface area contributed by atoms with Gasteiger partial charge in [-0.15, -0.1) is 10.2 Å². The first kappa shape index (κ1) is 21.9. The lowest BCUT2D eigenvalue weighted by molar-refractivity contribution is -0.113. The van der Waals surface area contributed by atoms with Crippen LogP contribution in [0, 0.1) is 0 Å². The summed E-state index contributed by atoms with van der Waals surface area (Å²) in [5, 5.41) is 12.9. The SMILES string of the molecule is O=C(CSc1nnc(-c2ccc(Br)cc2)n1-c1ccccc1)Nc1c(Cl)cccc1Cl. The first-order valence-corrected chi connectivity index (χ1v) is 11.7. The second kappa shape index (κ2) is 9.87. The van der Waals surface area contributed by atoms with Crippen molar-refractivity contribution in [2.45, 2.75) is 5.16 Å². The molecule has 0 saturated heterocycles. The first-order chi connectivity index (χ1) is 15.0. The van der Waals surface area contributed by atoms with Crippen molar-refractivity contribution in [1.82, 2.24) is 14.8 Å². The third kappa shape index (κ3) is 5.13. The van der Waals surface area contributed by atoms with E-state index in [9.17, 15) is 4.79 Å². The normalized spacial score (nSPS) is 10.8. The largest absolute Gasteiger partial charge is 0.323 e. The summed E-state index contributed by atoms with van der Waals surface area (Å²) in [6, 6.07) is 22.7. The molecule has 0 saturated carbocycles. The number of amides is 1. The number of hydrogen-bond acceptors (Lipinski definition) is 4. The highest BCUT2D eigenvalue weighted by Crippen LogP contribution is 2.31. The lowest BCUT2D eigenvalue weighted by Gasteiger charge is -2.11. The highest BCUT2D eigenvalue weighted by atomic mass is 79.9. The predicted molar refractivity (Wildman–Crippen MR) is 130 cm³/mol. The number of hydrogen-bond donors (Lipinski definition) is 1. The van der Waals surface area contributed by atoms with E-state index in [1.54, 1.807) is 18.2 Å². The lowest BCUT2D eigenvalue weighted by atomic mass is 10.2. The molecule has 0 aliphatic heterocycles. The Bertz CT molecular complexity index is 1200. The Morgan fingerprint density at radius 2 is 1.61 bits per heavy atom. The zero-order chi connectivity index (χ0) is 21.8. The van der Waals surface area contributed by atoms with Crippen molar-refractivity contribution >= 4 is 62.5 Å². The molecule has 0 spiro atoms. The maximum atomic E-state index is 12.5. The van der Waals surface area contributed by atoms with Gasteiger partial charge in [-0.3, -0.25) is 9.36 Å². The van der Waals surface area contributed by atoms with Crippen LogP contribution < -0.4 is 5.32 Å². The summed E-state index contributed by atoms with van der Waals surface area (Å²) in [5.41, 5.74) is 2.22. The smallest absolute Gasteiger partial charge is 0.234 e. The number of carbonyl (C=O) groups is 1. The standard InChI is InChI=1S/C22H15BrCl2N4OS/c23-15-11-9-14(10-12-15)21-27-28-22(29(21)16-5-2-1-3-6-16)31-13-19(30)26-20-17(24)7-4-8-18(20)25/h1-12H,13H2,(H,26,30). The number of benzene rings is 3. The van der Waals surface area contributed by atoms with Crippen LogP contribution in [-0.2, 0) is 4.79 Å². The van der Waals surface area contributed by atoms with Gasteiger partial charge in [0.25, 0.3) is 0 Å². The minimum Gasteiger partial charge on any atom is -0.323 e. The van der Waals surface area contributed by atoms with Crippen molar-refractivity contribution in [3.8, 4) is 17.1 Å². The quantitative estimate of drug-likeness (QED) is 0.279. The van der Waals surface area contributed by atoms with Crippen molar-refractivity contribution in [2.75, 3.05) is 11.1 Å². The molecule has 4 rings (SSSR count). The highest BCUT2D eigenvalue weighted by Gasteiger charge is 2.18. The molecule has 5 nitrogen and oxygen atoms in total. The Balaban J connectivity index is 1.60. The van der Waals surface area contributed by atoms with Crippen LogP contribution in [0.25, 0.3) is 17.1 Å². The van der Waals surface area contributed by atoms with Crippen LogP contribution in [0.2, 0.25) is 10.0 Å². The van der Waals surface area contributed by atoms with Gasteiger partial charge >= 0.3 is 0 Å². The third-order valence-electron chi connectivity index (χ3n) is 4.31. The minimum absolute atomic E-state index is 0.118. The predicted octanol–water partition coefficient (Wildman–Crippen LogP) is 6.73. The van der Waals surface area contributed by atoms with Crippen LogP contribution in [0.3, 0.4) is 0 Å². The molecule has 1 heterocycles. The molecule has 0 fully saturated rings. The Morgan fingerprint density at radius 3 is 2.29 bits per heavy atom. The van der Waals surface area contributed by atoms with Gasteiger partial charge in [0.15, 0.2) is 11.0 Å². The van der Waals surface area contributed by atoms with E-state index in [4.69, 9.17) is 23.2 Å². The van der Waals surface area contributed by atoms with Gasteiger partial charge in [-0.2, -0.15) is 0 Å². The Labute approximate surface area is 201 Å². The van der Waals surface area contributed by atoms with Crippen LogP contribution in [0.15, 0.2) is 82.4 Å². The number of thioether (sulfide) groups is 1. The molecule has 0 aliphatic carbocycles. The molecule has 156 valence electrons. The second-order valence-electron chi connectivity index (χ2n) is 6.42. The number of nitrogens with one attached hydrogen (secondary N) is 1. The zero-order valence-electron chi connectivity index (χ0n) is 15.9. The van der Waals surface area contributed by atoms with E-state index in [0.717, 1.165) is 15.7 Å². The van der Waals surface area contributed by atoms with Gasteiger partial charge in [-0.25, -0.2) is 0 Å². The van der Waals surface area contributed by atoms with E-state index >= 15 is 0 Å². The van der Waals surface area contributed by atoms with Crippen molar-refractivity contribution in [3.63, 3.8) is 0 Å². The van der Waals surface area contributed by atoms with Crippen molar-refractivity contribution in [2.24, 2.45) is 0 Å². The third-order valence-corrected chi connectivity index (χ3v) is 6.40. The molecule has 3 aromatic carbocycles. The first-order valence-electron chi connectivity index (χ1n) is 9.16.